The number of carboxylic acids is 1. The Morgan fingerprint density at radius 1 is 1.09 bits per heavy atom. The molecule has 3 rings (SSSR count). The zero-order chi connectivity index (χ0) is 15.5. The number of nitrogens with zero attached hydrogens (tertiary/aromatic N) is 1. The van der Waals surface area contributed by atoms with Crippen molar-refractivity contribution in [1.29, 1.82) is 0 Å². The van der Waals surface area contributed by atoms with Gasteiger partial charge in [0, 0.05) is 24.6 Å². The van der Waals surface area contributed by atoms with E-state index in [0.717, 1.165) is 16.7 Å². The lowest BCUT2D eigenvalue weighted by atomic mass is 9.95. The zero-order valence-corrected chi connectivity index (χ0v) is 12.1. The third kappa shape index (κ3) is 2.86. The fourth-order valence-electron chi connectivity index (χ4n) is 2.95. The van der Waals surface area contributed by atoms with Crippen molar-refractivity contribution < 1.29 is 14.7 Å². The van der Waals surface area contributed by atoms with Crippen LogP contribution < -0.4 is 0 Å². The second kappa shape index (κ2) is 6.02. The minimum absolute atomic E-state index is 0.0121. The van der Waals surface area contributed by atoms with Gasteiger partial charge in [-0.1, -0.05) is 48.5 Å². The van der Waals surface area contributed by atoms with Crippen molar-refractivity contribution in [1.82, 2.24) is 4.90 Å². The lowest BCUT2D eigenvalue weighted by Gasteiger charge is -2.23. The number of aliphatic carboxylic acids is 1. The molecule has 1 N–H and O–H groups in total. The third-order valence-corrected chi connectivity index (χ3v) is 4.03. The molecule has 4 heteroatoms. The molecule has 0 aromatic heterocycles. The smallest absolute Gasteiger partial charge is 0.304 e. The Morgan fingerprint density at radius 2 is 1.77 bits per heavy atom. The van der Waals surface area contributed by atoms with Gasteiger partial charge in [-0.25, -0.2) is 0 Å². The molecule has 4 nitrogen and oxygen atoms in total. The van der Waals surface area contributed by atoms with Gasteiger partial charge < -0.3 is 10.0 Å². The van der Waals surface area contributed by atoms with Gasteiger partial charge in [-0.2, -0.15) is 0 Å². The Balaban J connectivity index is 1.80. The van der Waals surface area contributed by atoms with E-state index in [4.69, 9.17) is 5.11 Å². The van der Waals surface area contributed by atoms with Crippen molar-refractivity contribution in [2.75, 3.05) is 6.54 Å². The predicted octanol–water partition coefficient (Wildman–Crippen LogP) is 2.90. The zero-order valence-electron chi connectivity index (χ0n) is 12.1. The van der Waals surface area contributed by atoms with E-state index in [1.807, 2.05) is 54.6 Å². The van der Waals surface area contributed by atoms with E-state index >= 15 is 0 Å². The van der Waals surface area contributed by atoms with Crippen molar-refractivity contribution in [3.8, 4) is 0 Å². The van der Waals surface area contributed by atoms with E-state index in [1.165, 1.54) is 0 Å². The summed E-state index contributed by atoms with van der Waals surface area (Å²) in [6.07, 6.45) is 0.0180. The highest BCUT2D eigenvalue weighted by molar-refractivity contribution is 5.98. The Morgan fingerprint density at radius 3 is 2.45 bits per heavy atom. The summed E-state index contributed by atoms with van der Waals surface area (Å²) in [5, 5.41) is 9.16. The van der Waals surface area contributed by atoms with Crippen LogP contribution in [0.4, 0.5) is 0 Å². The molecule has 22 heavy (non-hydrogen) atoms. The summed E-state index contributed by atoms with van der Waals surface area (Å²) in [6.45, 7) is 0.974. The first-order valence-corrected chi connectivity index (χ1v) is 7.29. The average molecular weight is 295 g/mol. The molecule has 1 amide bonds. The highest BCUT2D eigenvalue weighted by Gasteiger charge is 2.29. The Kier molecular flexibility index (Phi) is 3.92. The summed E-state index contributed by atoms with van der Waals surface area (Å²) in [7, 11) is 0. The van der Waals surface area contributed by atoms with Crippen LogP contribution in [-0.4, -0.2) is 28.4 Å². The number of fused-ring (bicyclic) bond motifs is 1. The van der Waals surface area contributed by atoms with E-state index < -0.39 is 5.97 Å². The normalized spacial score (nSPS) is 14.7. The Hall–Kier alpha value is -2.62. The molecule has 1 unspecified atom stereocenters. The molecule has 0 saturated carbocycles. The molecule has 0 bridgehead atoms. The minimum atomic E-state index is -0.849. The second-order valence-electron chi connectivity index (χ2n) is 5.55. The van der Waals surface area contributed by atoms with Crippen molar-refractivity contribution >= 4 is 11.9 Å². The first-order valence-electron chi connectivity index (χ1n) is 7.29. The third-order valence-electron chi connectivity index (χ3n) is 4.03. The summed E-state index contributed by atoms with van der Waals surface area (Å²) in [4.78, 5) is 25.3. The second-order valence-corrected chi connectivity index (χ2v) is 5.55. The van der Waals surface area contributed by atoms with Crippen LogP contribution in [-0.2, 0) is 11.3 Å². The first-order chi connectivity index (χ1) is 10.6. The van der Waals surface area contributed by atoms with Crippen molar-refractivity contribution in [2.24, 2.45) is 0 Å². The highest BCUT2D eigenvalue weighted by atomic mass is 16.4. The van der Waals surface area contributed by atoms with E-state index in [9.17, 15) is 9.59 Å². The number of hydrogen-bond donors (Lipinski definition) is 1. The van der Waals surface area contributed by atoms with Gasteiger partial charge in [-0.15, -0.1) is 0 Å². The molecule has 1 aliphatic rings. The fourth-order valence-corrected chi connectivity index (χ4v) is 2.95. The summed E-state index contributed by atoms with van der Waals surface area (Å²) in [6, 6.07) is 17.1. The maximum atomic E-state index is 12.4. The van der Waals surface area contributed by atoms with Gasteiger partial charge in [0.1, 0.15) is 0 Å². The summed E-state index contributed by atoms with van der Waals surface area (Å²) in [5.74, 6) is -1.06. The van der Waals surface area contributed by atoms with Crippen molar-refractivity contribution in [3.63, 3.8) is 0 Å². The Labute approximate surface area is 129 Å². The molecule has 0 radical (unpaired) electrons. The SMILES string of the molecule is O=C(O)CC(CN1Cc2ccccc2C1=O)c1ccccc1. The topological polar surface area (TPSA) is 57.6 Å². The van der Waals surface area contributed by atoms with Crippen LogP contribution in [0.15, 0.2) is 54.6 Å². The van der Waals surface area contributed by atoms with Crippen molar-refractivity contribution in [2.45, 2.75) is 18.9 Å². The molecule has 0 saturated heterocycles. The average Bonchev–Trinajstić information content (AvgIpc) is 2.84. The van der Waals surface area contributed by atoms with Gasteiger partial charge >= 0.3 is 5.97 Å². The molecule has 2 aromatic carbocycles. The molecule has 1 heterocycles. The molecule has 0 aliphatic carbocycles. The van der Waals surface area contributed by atoms with Gasteiger partial charge in [0.2, 0.25) is 0 Å². The van der Waals surface area contributed by atoms with E-state index in [1.54, 1.807) is 4.90 Å². The molecule has 0 fully saturated rings. The molecule has 1 aliphatic heterocycles. The largest absolute Gasteiger partial charge is 0.481 e. The first kappa shape index (κ1) is 14.3. The van der Waals surface area contributed by atoms with Crippen LogP contribution in [0.25, 0.3) is 0 Å². The number of benzene rings is 2. The van der Waals surface area contributed by atoms with E-state index in [-0.39, 0.29) is 18.2 Å². The van der Waals surface area contributed by atoms with Gasteiger partial charge in [0.05, 0.1) is 6.42 Å². The number of amides is 1. The summed E-state index contributed by atoms with van der Waals surface area (Å²) >= 11 is 0. The maximum Gasteiger partial charge on any atom is 0.304 e. The van der Waals surface area contributed by atoms with E-state index in [0.29, 0.717) is 13.1 Å². The van der Waals surface area contributed by atoms with Gasteiger partial charge in [-0.3, -0.25) is 9.59 Å². The van der Waals surface area contributed by atoms with Crippen molar-refractivity contribution in [3.05, 3.63) is 71.3 Å². The molecule has 2 aromatic rings. The van der Waals surface area contributed by atoms with Crippen LogP contribution in [0, 0.1) is 0 Å². The molecular weight excluding hydrogens is 278 g/mol. The standard InChI is InChI=1S/C18H17NO3/c20-17(21)10-15(13-6-2-1-3-7-13)12-19-11-14-8-4-5-9-16(14)18(19)22/h1-9,15H,10-12H2,(H,20,21). The predicted molar refractivity (Wildman–Crippen MR) is 82.6 cm³/mol. The molecule has 1 atom stereocenters. The Bertz CT molecular complexity index is 696. The van der Waals surface area contributed by atoms with Crippen LogP contribution >= 0.6 is 0 Å². The van der Waals surface area contributed by atoms with Crippen LogP contribution in [0.3, 0.4) is 0 Å². The van der Waals surface area contributed by atoms with Crippen LogP contribution in [0.2, 0.25) is 0 Å². The van der Waals surface area contributed by atoms with Crippen LogP contribution in [0.5, 0.6) is 0 Å². The number of hydrogen-bond acceptors (Lipinski definition) is 2. The number of carboxylic acid groups (broad SMARTS) is 1. The number of rotatable bonds is 5. The monoisotopic (exact) mass is 295 g/mol. The summed E-state index contributed by atoms with van der Waals surface area (Å²) in [5.41, 5.74) is 2.69. The summed E-state index contributed by atoms with van der Waals surface area (Å²) < 4.78 is 0. The molecule has 0 spiro atoms. The van der Waals surface area contributed by atoms with Gasteiger partial charge in [0.25, 0.3) is 5.91 Å². The fraction of sp³-hybridized carbons (Fsp3) is 0.222. The lowest BCUT2D eigenvalue weighted by Crippen LogP contribution is -2.30. The number of carbonyl (C=O) groups is 2. The quantitative estimate of drug-likeness (QED) is 0.922. The maximum absolute atomic E-state index is 12.4. The van der Waals surface area contributed by atoms with E-state index in [2.05, 4.69) is 0 Å². The molecular formula is C18H17NO3. The highest BCUT2D eigenvalue weighted by Crippen LogP contribution is 2.27. The minimum Gasteiger partial charge on any atom is -0.481 e. The van der Waals surface area contributed by atoms with Crippen LogP contribution in [0.1, 0.15) is 33.8 Å². The van der Waals surface area contributed by atoms with Gasteiger partial charge in [-0.05, 0) is 17.2 Å². The van der Waals surface area contributed by atoms with Gasteiger partial charge in [0.15, 0.2) is 0 Å². The number of carbonyl (C=O) groups excluding carboxylic acids is 1. The molecule has 112 valence electrons. The lowest BCUT2D eigenvalue weighted by molar-refractivity contribution is -0.137.